The van der Waals surface area contributed by atoms with E-state index in [1.807, 2.05) is 25.4 Å². The molecule has 1 N–H and O–H groups in total. The fourth-order valence-corrected chi connectivity index (χ4v) is 2.49. The Kier molecular flexibility index (Phi) is 3.51. The number of nitrogens with zero attached hydrogens (tertiary/aromatic N) is 1. The van der Waals surface area contributed by atoms with Crippen LogP contribution in [0.4, 0.5) is 0 Å². The maximum Gasteiger partial charge on any atom is 0.107 e. The molecule has 0 aliphatic heterocycles. The summed E-state index contributed by atoms with van der Waals surface area (Å²) in [7, 11) is 1.93. The summed E-state index contributed by atoms with van der Waals surface area (Å²) >= 11 is 5.15. The van der Waals surface area contributed by atoms with Gasteiger partial charge < -0.3 is 5.32 Å². The Hall–Kier alpha value is -0.710. The lowest BCUT2D eigenvalue weighted by molar-refractivity contribution is 0.810. The van der Waals surface area contributed by atoms with E-state index < -0.39 is 0 Å². The molecule has 2 rings (SSSR count). The lowest BCUT2D eigenvalue weighted by Gasteiger charge is -1.96. The van der Waals surface area contributed by atoms with Crippen LogP contribution >= 0.6 is 27.3 Å². The molecule has 0 unspecified atom stereocenters. The number of hydrogen-bond donors (Lipinski definition) is 1. The first kappa shape index (κ1) is 10.8. The van der Waals surface area contributed by atoms with Gasteiger partial charge in [0.05, 0.1) is 4.88 Å². The molecule has 0 aliphatic rings. The molecular weight excluding hydrogens is 272 g/mol. The molecule has 0 saturated heterocycles. The van der Waals surface area contributed by atoms with Crippen LogP contribution in [-0.4, -0.2) is 12.0 Å². The van der Waals surface area contributed by atoms with Gasteiger partial charge in [0.15, 0.2) is 0 Å². The summed E-state index contributed by atoms with van der Waals surface area (Å²) in [5, 5.41) is 4.22. The van der Waals surface area contributed by atoms with Crippen LogP contribution in [0.25, 0.3) is 10.4 Å². The zero-order valence-corrected chi connectivity index (χ0v) is 10.7. The van der Waals surface area contributed by atoms with Crippen LogP contribution in [0.2, 0.25) is 0 Å². The Morgan fingerprint density at radius 3 is 2.73 bits per heavy atom. The van der Waals surface area contributed by atoms with E-state index in [2.05, 4.69) is 38.4 Å². The van der Waals surface area contributed by atoms with Crippen LogP contribution in [0.3, 0.4) is 0 Å². The number of benzene rings is 1. The van der Waals surface area contributed by atoms with Crippen LogP contribution in [-0.2, 0) is 6.54 Å². The largest absolute Gasteiger partial charge is 0.314 e. The van der Waals surface area contributed by atoms with E-state index in [9.17, 15) is 0 Å². The molecule has 1 aromatic carbocycles. The predicted molar refractivity (Wildman–Crippen MR) is 68.0 cm³/mol. The number of thiazole rings is 1. The average molecular weight is 283 g/mol. The van der Waals surface area contributed by atoms with Crippen molar-refractivity contribution in [3.63, 3.8) is 0 Å². The van der Waals surface area contributed by atoms with Crippen molar-refractivity contribution < 1.29 is 0 Å². The quantitative estimate of drug-likeness (QED) is 0.935. The zero-order chi connectivity index (χ0) is 10.7. The smallest absolute Gasteiger partial charge is 0.107 e. The van der Waals surface area contributed by atoms with Gasteiger partial charge in [-0.1, -0.05) is 28.1 Å². The SMILES string of the molecule is CNCc1ncc(-c2ccc(Br)cc2)s1. The van der Waals surface area contributed by atoms with E-state index in [0.29, 0.717) is 0 Å². The van der Waals surface area contributed by atoms with E-state index in [0.717, 1.165) is 16.0 Å². The molecule has 0 aliphatic carbocycles. The minimum absolute atomic E-state index is 0.835. The van der Waals surface area contributed by atoms with Gasteiger partial charge in [-0.3, -0.25) is 0 Å². The molecule has 15 heavy (non-hydrogen) atoms. The molecule has 78 valence electrons. The van der Waals surface area contributed by atoms with Gasteiger partial charge in [0.25, 0.3) is 0 Å². The molecule has 0 radical (unpaired) electrons. The molecule has 0 saturated carbocycles. The van der Waals surface area contributed by atoms with E-state index in [-0.39, 0.29) is 0 Å². The van der Waals surface area contributed by atoms with Gasteiger partial charge in [-0.15, -0.1) is 11.3 Å². The lowest BCUT2D eigenvalue weighted by Crippen LogP contribution is -2.03. The molecular formula is C11H11BrN2S. The summed E-state index contributed by atoms with van der Waals surface area (Å²) in [6, 6.07) is 8.29. The molecule has 2 aromatic rings. The van der Waals surface area contributed by atoms with Crippen LogP contribution in [0, 0.1) is 0 Å². The Morgan fingerprint density at radius 1 is 1.33 bits per heavy atom. The average Bonchev–Trinajstić information content (AvgIpc) is 2.68. The van der Waals surface area contributed by atoms with Crippen molar-refractivity contribution in [1.82, 2.24) is 10.3 Å². The Labute approximate surface area is 101 Å². The minimum Gasteiger partial charge on any atom is -0.314 e. The van der Waals surface area contributed by atoms with E-state index >= 15 is 0 Å². The first-order valence-corrected chi connectivity index (χ1v) is 6.26. The molecule has 2 nitrogen and oxygen atoms in total. The molecule has 1 heterocycles. The van der Waals surface area contributed by atoms with E-state index in [1.54, 1.807) is 11.3 Å². The summed E-state index contributed by atoms with van der Waals surface area (Å²) in [5.74, 6) is 0. The van der Waals surface area contributed by atoms with Crippen molar-refractivity contribution in [3.05, 3.63) is 39.9 Å². The van der Waals surface area contributed by atoms with Gasteiger partial charge >= 0.3 is 0 Å². The second kappa shape index (κ2) is 4.88. The topological polar surface area (TPSA) is 24.9 Å². The maximum absolute atomic E-state index is 4.35. The van der Waals surface area contributed by atoms with Crippen molar-refractivity contribution in [2.45, 2.75) is 6.54 Å². The van der Waals surface area contributed by atoms with Gasteiger partial charge in [-0.2, -0.15) is 0 Å². The minimum atomic E-state index is 0.835. The van der Waals surface area contributed by atoms with Gasteiger partial charge in [0.2, 0.25) is 0 Å². The molecule has 0 atom stereocenters. The molecule has 0 amide bonds. The monoisotopic (exact) mass is 282 g/mol. The van der Waals surface area contributed by atoms with Gasteiger partial charge in [0, 0.05) is 17.2 Å². The summed E-state index contributed by atoms with van der Waals surface area (Å²) in [4.78, 5) is 5.56. The van der Waals surface area contributed by atoms with Crippen LogP contribution < -0.4 is 5.32 Å². The third-order valence-electron chi connectivity index (χ3n) is 2.01. The van der Waals surface area contributed by atoms with Crippen molar-refractivity contribution in [2.24, 2.45) is 0 Å². The third kappa shape index (κ3) is 2.65. The molecule has 1 aromatic heterocycles. The molecule has 0 bridgehead atoms. The van der Waals surface area contributed by atoms with Crippen molar-refractivity contribution >= 4 is 27.3 Å². The fourth-order valence-electron chi connectivity index (χ4n) is 1.29. The summed E-state index contributed by atoms with van der Waals surface area (Å²) < 4.78 is 1.10. The number of rotatable bonds is 3. The highest BCUT2D eigenvalue weighted by atomic mass is 79.9. The first-order valence-electron chi connectivity index (χ1n) is 4.65. The van der Waals surface area contributed by atoms with Gasteiger partial charge in [-0.25, -0.2) is 4.98 Å². The normalized spacial score (nSPS) is 10.5. The van der Waals surface area contributed by atoms with Crippen molar-refractivity contribution in [1.29, 1.82) is 0 Å². The fraction of sp³-hybridized carbons (Fsp3) is 0.182. The second-order valence-corrected chi connectivity index (χ2v) is 5.19. The first-order chi connectivity index (χ1) is 7.29. The van der Waals surface area contributed by atoms with E-state index in [4.69, 9.17) is 0 Å². The van der Waals surface area contributed by atoms with E-state index in [1.165, 1.54) is 10.4 Å². The Morgan fingerprint density at radius 2 is 2.07 bits per heavy atom. The molecule has 4 heteroatoms. The highest BCUT2D eigenvalue weighted by molar-refractivity contribution is 9.10. The molecule has 0 spiro atoms. The van der Waals surface area contributed by atoms with Crippen molar-refractivity contribution in [3.8, 4) is 10.4 Å². The predicted octanol–water partition coefficient (Wildman–Crippen LogP) is 3.29. The summed E-state index contributed by atoms with van der Waals surface area (Å²) in [6.45, 7) is 0.835. The standard InChI is InChI=1S/C11H11BrN2S/c1-13-7-11-14-6-10(15-11)8-2-4-9(12)5-3-8/h2-6,13H,7H2,1H3. The highest BCUT2D eigenvalue weighted by Crippen LogP contribution is 2.27. The zero-order valence-electron chi connectivity index (χ0n) is 8.33. The number of halogens is 1. The second-order valence-electron chi connectivity index (χ2n) is 3.16. The maximum atomic E-state index is 4.35. The number of aromatic nitrogens is 1. The Bertz CT molecular complexity index is 436. The Balaban J connectivity index is 2.25. The number of nitrogens with one attached hydrogen (secondary N) is 1. The van der Waals surface area contributed by atoms with Crippen LogP contribution in [0.1, 0.15) is 5.01 Å². The highest BCUT2D eigenvalue weighted by Gasteiger charge is 2.03. The molecule has 0 fully saturated rings. The summed E-state index contributed by atoms with van der Waals surface area (Å²) in [5.41, 5.74) is 1.22. The van der Waals surface area contributed by atoms with Gasteiger partial charge in [-0.05, 0) is 24.7 Å². The summed E-state index contributed by atoms with van der Waals surface area (Å²) in [6.07, 6.45) is 1.93. The third-order valence-corrected chi connectivity index (χ3v) is 3.59. The van der Waals surface area contributed by atoms with Crippen LogP contribution in [0.5, 0.6) is 0 Å². The van der Waals surface area contributed by atoms with Crippen molar-refractivity contribution in [2.75, 3.05) is 7.05 Å². The number of hydrogen-bond acceptors (Lipinski definition) is 3. The lowest BCUT2D eigenvalue weighted by atomic mass is 10.2. The van der Waals surface area contributed by atoms with Crippen LogP contribution in [0.15, 0.2) is 34.9 Å². The van der Waals surface area contributed by atoms with Gasteiger partial charge in [0.1, 0.15) is 5.01 Å².